The smallest absolute Gasteiger partial charge is 0.418 e. The lowest BCUT2D eigenvalue weighted by Crippen LogP contribution is -2.16. The Hall–Kier alpha value is -3.53. The number of rotatable bonds is 8. The Morgan fingerprint density at radius 2 is 2.00 bits per heavy atom. The van der Waals surface area contributed by atoms with Crippen LogP contribution in [0.1, 0.15) is 47.1 Å². The van der Waals surface area contributed by atoms with Crippen LogP contribution in [0.2, 0.25) is 5.15 Å². The number of hydrogen-bond acceptors (Lipinski definition) is 4. The summed E-state index contributed by atoms with van der Waals surface area (Å²) < 4.78 is 47.4. The van der Waals surface area contributed by atoms with Gasteiger partial charge in [0.15, 0.2) is 5.76 Å². The standard InChI is InChI=1S/C23H22ClF3N4O3/c1-3-4-11-31-21(24)16(14(2)30-31)8-10-20(32)29-18-9-7-15(13-17(18)23(25,26)27)28-22(33)19-6-5-12-34-19/h5-10,12-13H,3-4,11H2,1-2H3,(H,28,33)(H,29,32)/b10-8+. The highest BCUT2D eigenvalue weighted by molar-refractivity contribution is 6.31. The van der Waals surface area contributed by atoms with E-state index in [0.717, 1.165) is 31.1 Å². The van der Waals surface area contributed by atoms with Crippen molar-refractivity contribution in [3.8, 4) is 0 Å². The number of nitrogens with zero attached hydrogens (tertiary/aromatic N) is 2. The number of nitrogens with one attached hydrogen (secondary N) is 2. The van der Waals surface area contributed by atoms with Crippen molar-refractivity contribution >= 4 is 40.9 Å². The Bertz CT molecular complexity index is 1200. The molecule has 34 heavy (non-hydrogen) atoms. The van der Waals surface area contributed by atoms with Crippen LogP contribution in [0.25, 0.3) is 6.08 Å². The van der Waals surface area contributed by atoms with Crippen molar-refractivity contribution in [3.05, 3.63) is 70.4 Å². The summed E-state index contributed by atoms with van der Waals surface area (Å²) in [4.78, 5) is 24.4. The van der Waals surface area contributed by atoms with Gasteiger partial charge in [-0.25, -0.2) is 0 Å². The monoisotopic (exact) mass is 494 g/mol. The van der Waals surface area contributed by atoms with Crippen LogP contribution in [0, 0.1) is 6.92 Å². The zero-order chi connectivity index (χ0) is 24.9. The Balaban J connectivity index is 1.77. The van der Waals surface area contributed by atoms with E-state index in [1.54, 1.807) is 11.6 Å². The fourth-order valence-corrected chi connectivity index (χ4v) is 3.43. The molecule has 0 saturated carbocycles. The number of aromatic nitrogens is 2. The van der Waals surface area contributed by atoms with E-state index in [0.29, 0.717) is 23.0 Å². The van der Waals surface area contributed by atoms with Gasteiger partial charge in [0.05, 0.1) is 23.2 Å². The number of carbonyl (C=O) groups excluding carboxylic acids is 2. The van der Waals surface area contributed by atoms with Crippen molar-refractivity contribution in [2.75, 3.05) is 10.6 Å². The summed E-state index contributed by atoms with van der Waals surface area (Å²) in [5.41, 5.74) is -0.574. The molecule has 1 aromatic carbocycles. The SMILES string of the molecule is CCCCn1nc(C)c(/C=C/C(=O)Nc2ccc(NC(=O)c3ccco3)cc2C(F)(F)F)c1Cl. The number of anilines is 2. The molecule has 3 rings (SSSR count). The first-order chi connectivity index (χ1) is 16.1. The van der Waals surface area contributed by atoms with E-state index in [1.807, 2.05) is 6.92 Å². The number of furan rings is 1. The minimum Gasteiger partial charge on any atom is -0.459 e. The van der Waals surface area contributed by atoms with Crippen LogP contribution in [-0.4, -0.2) is 21.6 Å². The van der Waals surface area contributed by atoms with E-state index in [-0.39, 0.29) is 11.4 Å². The van der Waals surface area contributed by atoms with E-state index in [2.05, 4.69) is 15.7 Å². The molecule has 0 bridgehead atoms. The molecule has 0 saturated heterocycles. The van der Waals surface area contributed by atoms with Crippen molar-refractivity contribution in [1.29, 1.82) is 0 Å². The molecule has 11 heteroatoms. The topological polar surface area (TPSA) is 89.2 Å². The van der Waals surface area contributed by atoms with Crippen LogP contribution in [0.5, 0.6) is 0 Å². The average Bonchev–Trinajstić information content (AvgIpc) is 3.40. The molecule has 0 aliphatic rings. The highest BCUT2D eigenvalue weighted by Crippen LogP contribution is 2.36. The van der Waals surface area contributed by atoms with Gasteiger partial charge in [-0.05, 0) is 49.8 Å². The summed E-state index contributed by atoms with van der Waals surface area (Å²) in [6.45, 7) is 4.38. The Morgan fingerprint density at radius 1 is 1.24 bits per heavy atom. The third-order valence-electron chi connectivity index (χ3n) is 4.82. The van der Waals surface area contributed by atoms with E-state index in [1.165, 1.54) is 30.5 Å². The molecule has 0 unspecified atom stereocenters. The van der Waals surface area contributed by atoms with Crippen molar-refractivity contribution in [2.24, 2.45) is 0 Å². The van der Waals surface area contributed by atoms with Gasteiger partial charge in [0.2, 0.25) is 5.91 Å². The molecule has 0 fully saturated rings. The second-order valence-electron chi connectivity index (χ2n) is 7.38. The summed E-state index contributed by atoms with van der Waals surface area (Å²) in [5.74, 6) is -1.54. The fourth-order valence-electron chi connectivity index (χ4n) is 3.11. The number of aryl methyl sites for hydroxylation is 2. The van der Waals surface area contributed by atoms with Crippen LogP contribution in [0.4, 0.5) is 24.5 Å². The van der Waals surface area contributed by atoms with Gasteiger partial charge in [0, 0.05) is 23.9 Å². The third-order valence-corrected chi connectivity index (χ3v) is 5.22. The maximum absolute atomic E-state index is 13.6. The van der Waals surface area contributed by atoms with Crippen molar-refractivity contribution < 1.29 is 27.2 Å². The number of halogens is 4. The van der Waals surface area contributed by atoms with E-state index in [9.17, 15) is 22.8 Å². The van der Waals surface area contributed by atoms with Gasteiger partial charge < -0.3 is 15.1 Å². The van der Waals surface area contributed by atoms with Crippen LogP contribution >= 0.6 is 11.6 Å². The third kappa shape index (κ3) is 6.07. The normalized spacial score (nSPS) is 11.7. The molecule has 2 amide bonds. The van der Waals surface area contributed by atoms with Crippen molar-refractivity contribution in [3.63, 3.8) is 0 Å². The highest BCUT2D eigenvalue weighted by atomic mass is 35.5. The number of benzene rings is 1. The number of unbranched alkanes of at least 4 members (excludes halogenated alkanes) is 1. The van der Waals surface area contributed by atoms with Gasteiger partial charge in [-0.2, -0.15) is 18.3 Å². The van der Waals surface area contributed by atoms with Crippen LogP contribution < -0.4 is 10.6 Å². The van der Waals surface area contributed by atoms with Gasteiger partial charge in [-0.1, -0.05) is 24.9 Å². The van der Waals surface area contributed by atoms with Crippen LogP contribution in [0.15, 0.2) is 47.1 Å². The maximum atomic E-state index is 13.6. The van der Waals surface area contributed by atoms with Gasteiger partial charge in [-0.15, -0.1) is 0 Å². The predicted octanol–water partition coefficient (Wildman–Crippen LogP) is 6.16. The largest absolute Gasteiger partial charge is 0.459 e. The zero-order valence-corrected chi connectivity index (χ0v) is 19.1. The molecule has 0 aliphatic heterocycles. The van der Waals surface area contributed by atoms with Crippen LogP contribution in [-0.2, 0) is 17.5 Å². The van der Waals surface area contributed by atoms with E-state index >= 15 is 0 Å². The summed E-state index contributed by atoms with van der Waals surface area (Å²) in [5, 5.41) is 9.23. The van der Waals surface area contributed by atoms with Gasteiger partial charge in [0.1, 0.15) is 5.15 Å². The summed E-state index contributed by atoms with van der Waals surface area (Å²) in [6.07, 6.45) is 0.823. The lowest BCUT2D eigenvalue weighted by molar-refractivity contribution is -0.136. The molecule has 180 valence electrons. The van der Waals surface area contributed by atoms with E-state index < -0.39 is 29.2 Å². The minimum atomic E-state index is -4.78. The van der Waals surface area contributed by atoms with Gasteiger partial charge in [0.25, 0.3) is 5.91 Å². The average molecular weight is 495 g/mol. The molecular formula is C23H22ClF3N4O3. The first-order valence-electron chi connectivity index (χ1n) is 10.4. The lowest BCUT2D eigenvalue weighted by Gasteiger charge is -2.15. The van der Waals surface area contributed by atoms with Crippen molar-refractivity contribution in [1.82, 2.24) is 9.78 Å². The number of hydrogen-bond donors (Lipinski definition) is 2. The highest BCUT2D eigenvalue weighted by Gasteiger charge is 2.34. The Kier molecular flexibility index (Phi) is 7.83. The molecule has 0 atom stereocenters. The quantitative estimate of drug-likeness (QED) is 0.367. The lowest BCUT2D eigenvalue weighted by atomic mass is 10.1. The van der Waals surface area contributed by atoms with Crippen molar-refractivity contribution in [2.45, 2.75) is 39.4 Å². The maximum Gasteiger partial charge on any atom is 0.418 e. The van der Waals surface area contributed by atoms with Gasteiger partial charge >= 0.3 is 6.18 Å². The number of amides is 2. The molecular weight excluding hydrogens is 473 g/mol. The Labute approximate surface area is 198 Å². The Morgan fingerprint density at radius 3 is 2.65 bits per heavy atom. The number of alkyl halides is 3. The molecule has 0 radical (unpaired) electrons. The summed E-state index contributed by atoms with van der Waals surface area (Å²) >= 11 is 6.32. The first-order valence-corrected chi connectivity index (χ1v) is 10.8. The molecule has 0 aliphatic carbocycles. The minimum absolute atomic E-state index is 0.0527. The second-order valence-corrected chi connectivity index (χ2v) is 7.74. The fraction of sp³-hybridized carbons (Fsp3) is 0.261. The molecule has 2 aromatic heterocycles. The second kappa shape index (κ2) is 10.6. The molecule has 7 nitrogen and oxygen atoms in total. The zero-order valence-electron chi connectivity index (χ0n) is 18.4. The first kappa shape index (κ1) is 25.1. The molecule has 0 spiro atoms. The molecule has 3 aromatic rings. The predicted molar refractivity (Wildman–Crippen MR) is 123 cm³/mol. The van der Waals surface area contributed by atoms with Gasteiger partial charge in [-0.3, -0.25) is 14.3 Å². The summed E-state index contributed by atoms with van der Waals surface area (Å²) in [7, 11) is 0. The number of carbonyl (C=O) groups is 2. The summed E-state index contributed by atoms with van der Waals surface area (Å²) in [6, 6.07) is 5.90. The molecule has 2 N–H and O–H groups in total. The van der Waals surface area contributed by atoms with Crippen LogP contribution in [0.3, 0.4) is 0 Å². The molecule has 2 heterocycles. The van der Waals surface area contributed by atoms with E-state index in [4.69, 9.17) is 16.0 Å².